The average molecular weight is 405 g/mol. The maximum atomic E-state index is 12.8. The van der Waals surface area contributed by atoms with Gasteiger partial charge in [-0.25, -0.2) is 0 Å². The van der Waals surface area contributed by atoms with Gasteiger partial charge in [-0.1, -0.05) is 54.6 Å². The van der Waals surface area contributed by atoms with Crippen molar-refractivity contribution in [1.82, 2.24) is 10.2 Å². The molecule has 1 aliphatic rings. The summed E-state index contributed by atoms with van der Waals surface area (Å²) >= 11 is 1.73. The second-order valence-electron chi connectivity index (χ2n) is 7.74. The molecule has 1 saturated heterocycles. The number of carbonyl (C=O) groups is 1. The normalized spacial score (nSPS) is 16.9. The van der Waals surface area contributed by atoms with Gasteiger partial charge in [0, 0.05) is 23.2 Å². The second-order valence-corrected chi connectivity index (χ2v) is 8.76. The summed E-state index contributed by atoms with van der Waals surface area (Å²) in [5.41, 5.74) is 2.07. The Morgan fingerprint density at radius 2 is 1.86 bits per heavy atom. The average Bonchev–Trinajstić information content (AvgIpc) is 3.17. The smallest absolute Gasteiger partial charge is 0.252 e. The third-order valence-corrected chi connectivity index (χ3v) is 6.95. The Balaban J connectivity index is 1.40. The van der Waals surface area contributed by atoms with Gasteiger partial charge < -0.3 is 10.2 Å². The van der Waals surface area contributed by atoms with E-state index in [0.29, 0.717) is 6.04 Å². The van der Waals surface area contributed by atoms with Crippen molar-refractivity contribution in [2.45, 2.75) is 36.0 Å². The fraction of sp³-hybridized carbons (Fsp3) is 0.320. The lowest BCUT2D eigenvalue weighted by molar-refractivity contribution is 0.0947. The van der Waals surface area contributed by atoms with Gasteiger partial charge in [0.15, 0.2) is 0 Å². The van der Waals surface area contributed by atoms with Gasteiger partial charge in [0.1, 0.15) is 0 Å². The highest BCUT2D eigenvalue weighted by atomic mass is 32.2. The Kier molecular flexibility index (Phi) is 6.53. The predicted octanol–water partition coefficient (Wildman–Crippen LogP) is 5.35. The highest BCUT2D eigenvalue weighted by Gasteiger charge is 2.20. The number of likely N-dealkylation sites (tertiary alicyclic amines) is 1. The second kappa shape index (κ2) is 9.47. The maximum absolute atomic E-state index is 12.8. The van der Waals surface area contributed by atoms with E-state index >= 15 is 0 Å². The van der Waals surface area contributed by atoms with E-state index in [1.807, 2.05) is 18.2 Å². The summed E-state index contributed by atoms with van der Waals surface area (Å²) in [5, 5.41) is 5.68. The molecule has 0 radical (unpaired) electrons. The molecule has 0 aliphatic carbocycles. The van der Waals surface area contributed by atoms with Gasteiger partial charge in [0.05, 0.1) is 5.56 Å². The molecular weight excluding hydrogens is 376 g/mol. The Morgan fingerprint density at radius 1 is 1.07 bits per heavy atom. The lowest BCUT2D eigenvalue weighted by atomic mass is 10.1. The third kappa shape index (κ3) is 4.82. The van der Waals surface area contributed by atoms with Crippen LogP contribution >= 0.6 is 11.8 Å². The molecule has 4 rings (SSSR count). The quantitative estimate of drug-likeness (QED) is 0.539. The SMILES string of the molecule is CN1CCCC1CCNC(=O)c1ccccc1SCc1cccc2ccccc12. The molecule has 1 atom stereocenters. The summed E-state index contributed by atoms with van der Waals surface area (Å²) in [6, 6.07) is 23.4. The van der Waals surface area contributed by atoms with Crippen molar-refractivity contribution >= 4 is 28.4 Å². The number of nitrogens with zero attached hydrogens (tertiary/aromatic N) is 1. The van der Waals surface area contributed by atoms with E-state index in [1.54, 1.807) is 11.8 Å². The topological polar surface area (TPSA) is 32.3 Å². The van der Waals surface area contributed by atoms with E-state index in [9.17, 15) is 4.79 Å². The van der Waals surface area contributed by atoms with Gasteiger partial charge in [-0.2, -0.15) is 0 Å². The number of amides is 1. The minimum Gasteiger partial charge on any atom is -0.352 e. The molecule has 1 heterocycles. The van der Waals surface area contributed by atoms with Gasteiger partial charge in [-0.3, -0.25) is 4.79 Å². The van der Waals surface area contributed by atoms with Gasteiger partial charge in [0.2, 0.25) is 0 Å². The molecule has 1 aliphatic heterocycles. The Hall–Kier alpha value is -2.30. The number of hydrogen-bond donors (Lipinski definition) is 1. The molecule has 150 valence electrons. The Morgan fingerprint density at radius 3 is 2.72 bits per heavy atom. The van der Waals surface area contributed by atoms with Crippen LogP contribution in [0.1, 0.15) is 35.2 Å². The zero-order valence-corrected chi connectivity index (χ0v) is 17.8. The van der Waals surface area contributed by atoms with Crippen molar-refractivity contribution in [1.29, 1.82) is 0 Å². The molecule has 0 aromatic heterocycles. The summed E-state index contributed by atoms with van der Waals surface area (Å²) in [6.45, 7) is 1.91. The van der Waals surface area contributed by atoms with Crippen LogP contribution in [0.15, 0.2) is 71.6 Å². The molecule has 0 bridgehead atoms. The zero-order valence-electron chi connectivity index (χ0n) is 16.9. The van der Waals surface area contributed by atoms with Crippen LogP contribution in [0.4, 0.5) is 0 Å². The van der Waals surface area contributed by atoms with Crippen LogP contribution in [-0.4, -0.2) is 37.0 Å². The summed E-state index contributed by atoms with van der Waals surface area (Å²) in [5.74, 6) is 0.880. The molecule has 4 heteroatoms. The first-order valence-electron chi connectivity index (χ1n) is 10.4. The summed E-state index contributed by atoms with van der Waals surface area (Å²) in [6.07, 6.45) is 3.53. The molecular formula is C25H28N2OS. The molecule has 3 aromatic rings. The van der Waals surface area contributed by atoms with Crippen molar-refractivity contribution in [2.75, 3.05) is 20.1 Å². The minimum atomic E-state index is 0.0340. The molecule has 29 heavy (non-hydrogen) atoms. The van der Waals surface area contributed by atoms with Gasteiger partial charge in [0.25, 0.3) is 5.91 Å². The number of rotatable bonds is 7. The van der Waals surface area contributed by atoms with Crippen LogP contribution in [0, 0.1) is 0 Å². The molecule has 3 aromatic carbocycles. The van der Waals surface area contributed by atoms with E-state index in [2.05, 4.69) is 65.8 Å². The maximum Gasteiger partial charge on any atom is 0.252 e. The molecule has 3 nitrogen and oxygen atoms in total. The van der Waals surface area contributed by atoms with E-state index in [4.69, 9.17) is 0 Å². The van der Waals surface area contributed by atoms with Crippen LogP contribution in [-0.2, 0) is 5.75 Å². The van der Waals surface area contributed by atoms with E-state index in [1.165, 1.54) is 35.7 Å². The fourth-order valence-electron chi connectivity index (χ4n) is 4.15. The Bertz CT molecular complexity index is 982. The highest BCUT2D eigenvalue weighted by Crippen LogP contribution is 2.29. The predicted molar refractivity (Wildman–Crippen MR) is 123 cm³/mol. The van der Waals surface area contributed by atoms with Crippen molar-refractivity contribution < 1.29 is 4.79 Å². The van der Waals surface area contributed by atoms with Crippen molar-refractivity contribution in [3.8, 4) is 0 Å². The minimum absolute atomic E-state index is 0.0340. The van der Waals surface area contributed by atoms with Crippen molar-refractivity contribution in [3.63, 3.8) is 0 Å². The third-order valence-electron chi connectivity index (χ3n) is 5.83. The standard InChI is InChI=1S/C25H28N2OS/c1-27-17-7-11-21(27)15-16-26-25(28)23-13-4-5-14-24(23)29-18-20-10-6-9-19-8-2-3-12-22(19)20/h2-6,8-10,12-14,21H,7,11,15-18H2,1H3,(H,26,28). The number of carbonyl (C=O) groups excluding carboxylic acids is 1. The number of thioether (sulfide) groups is 1. The first-order valence-corrected chi connectivity index (χ1v) is 11.4. The Labute approximate surface area is 177 Å². The van der Waals surface area contributed by atoms with E-state index in [-0.39, 0.29) is 5.91 Å². The van der Waals surface area contributed by atoms with Crippen LogP contribution in [0.5, 0.6) is 0 Å². The molecule has 1 fully saturated rings. The summed E-state index contributed by atoms with van der Waals surface area (Å²) in [7, 11) is 2.18. The summed E-state index contributed by atoms with van der Waals surface area (Å²) < 4.78 is 0. The van der Waals surface area contributed by atoms with Crippen LogP contribution in [0.2, 0.25) is 0 Å². The molecule has 0 saturated carbocycles. The van der Waals surface area contributed by atoms with Crippen LogP contribution < -0.4 is 5.32 Å². The molecule has 1 N–H and O–H groups in total. The highest BCUT2D eigenvalue weighted by molar-refractivity contribution is 7.98. The van der Waals surface area contributed by atoms with Crippen molar-refractivity contribution in [3.05, 3.63) is 77.9 Å². The van der Waals surface area contributed by atoms with Crippen LogP contribution in [0.25, 0.3) is 10.8 Å². The molecule has 1 amide bonds. The van der Waals surface area contributed by atoms with Gasteiger partial charge in [-0.05, 0) is 61.3 Å². The first-order chi connectivity index (χ1) is 14.2. The first kappa shape index (κ1) is 20.0. The van der Waals surface area contributed by atoms with Crippen LogP contribution in [0.3, 0.4) is 0 Å². The van der Waals surface area contributed by atoms with Gasteiger partial charge >= 0.3 is 0 Å². The van der Waals surface area contributed by atoms with E-state index in [0.717, 1.165) is 29.2 Å². The lowest BCUT2D eigenvalue weighted by Gasteiger charge is -2.19. The lowest BCUT2D eigenvalue weighted by Crippen LogP contribution is -2.32. The molecule has 0 spiro atoms. The fourth-order valence-corrected chi connectivity index (χ4v) is 5.20. The zero-order chi connectivity index (χ0) is 20.1. The van der Waals surface area contributed by atoms with E-state index < -0.39 is 0 Å². The van der Waals surface area contributed by atoms with Gasteiger partial charge in [-0.15, -0.1) is 11.8 Å². The summed E-state index contributed by atoms with van der Waals surface area (Å²) in [4.78, 5) is 16.2. The number of nitrogens with one attached hydrogen (secondary N) is 1. The number of fused-ring (bicyclic) bond motifs is 1. The van der Waals surface area contributed by atoms with Crippen molar-refractivity contribution in [2.24, 2.45) is 0 Å². The largest absolute Gasteiger partial charge is 0.352 e. The monoisotopic (exact) mass is 404 g/mol. The number of benzene rings is 3. The number of hydrogen-bond acceptors (Lipinski definition) is 3. The molecule has 1 unspecified atom stereocenters.